The van der Waals surface area contributed by atoms with Gasteiger partial charge in [0, 0.05) is 12.6 Å². The van der Waals surface area contributed by atoms with Gasteiger partial charge in [-0.25, -0.2) is 0 Å². The number of unbranched alkanes of at least 4 members (excludes halogenated alkanes) is 1. The largest absolute Gasteiger partial charge is 0.396 e. The molecule has 0 saturated carbocycles. The minimum Gasteiger partial charge on any atom is -0.396 e. The molecular formula is C8H19NO2. The number of nitrogens with one attached hydrogen (secondary N) is 1. The summed E-state index contributed by atoms with van der Waals surface area (Å²) in [6.45, 7) is 4.84. The van der Waals surface area contributed by atoms with E-state index >= 15 is 0 Å². The Morgan fingerprint density at radius 2 is 1.91 bits per heavy atom. The molecule has 0 aliphatic carbocycles. The van der Waals surface area contributed by atoms with E-state index in [1.165, 1.54) is 0 Å². The van der Waals surface area contributed by atoms with Crippen LogP contribution in [0.5, 0.6) is 0 Å². The van der Waals surface area contributed by atoms with Gasteiger partial charge in [0.2, 0.25) is 0 Å². The molecule has 0 aliphatic heterocycles. The highest BCUT2D eigenvalue weighted by molar-refractivity contribution is 4.65. The fourth-order valence-electron chi connectivity index (χ4n) is 0.737. The summed E-state index contributed by atoms with van der Waals surface area (Å²) in [7, 11) is 0. The first-order valence-electron chi connectivity index (χ1n) is 4.20. The topological polar surface area (TPSA) is 52.5 Å². The molecule has 0 rings (SSSR count). The summed E-state index contributed by atoms with van der Waals surface area (Å²) in [5.74, 6) is 0. The molecule has 3 heteroatoms. The molecule has 0 bridgehead atoms. The smallest absolute Gasteiger partial charge is 0.0662 e. The Kier molecular flexibility index (Phi) is 6.51. The quantitative estimate of drug-likeness (QED) is 0.485. The lowest BCUT2D eigenvalue weighted by atomic mass is 10.2. The zero-order valence-electron chi connectivity index (χ0n) is 7.38. The third-order valence-electron chi connectivity index (χ3n) is 1.77. The highest BCUT2D eigenvalue weighted by Gasteiger charge is 2.05. The fourth-order valence-corrected chi connectivity index (χ4v) is 0.737. The molecule has 3 nitrogen and oxygen atoms in total. The Morgan fingerprint density at radius 3 is 2.36 bits per heavy atom. The van der Waals surface area contributed by atoms with Crippen molar-refractivity contribution in [2.75, 3.05) is 13.2 Å². The van der Waals surface area contributed by atoms with Crippen LogP contribution in [0.3, 0.4) is 0 Å². The lowest BCUT2D eigenvalue weighted by molar-refractivity contribution is 0.152. The molecule has 0 aromatic rings. The van der Waals surface area contributed by atoms with Crippen molar-refractivity contribution >= 4 is 0 Å². The molecule has 2 atom stereocenters. The zero-order chi connectivity index (χ0) is 8.69. The summed E-state index contributed by atoms with van der Waals surface area (Å²) in [5.41, 5.74) is 0. The van der Waals surface area contributed by atoms with Crippen molar-refractivity contribution in [1.29, 1.82) is 0 Å². The third kappa shape index (κ3) is 6.28. The number of aliphatic hydroxyl groups is 2. The first-order chi connectivity index (χ1) is 5.18. The third-order valence-corrected chi connectivity index (χ3v) is 1.77. The molecular weight excluding hydrogens is 142 g/mol. The predicted octanol–water partition coefficient (Wildman–Crippen LogP) is 0.118. The van der Waals surface area contributed by atoms with E-state index in [0.29, 0.717) is 0 Å². The van der Waals surface area contributed by atoms with Gasteiger partial charge in [-0.2, -0.15) is 0 Å². The maximum Gasteiger partial charge on any atom is 0.0662 e. The Labute approximate surface area is 68.4 Å². The second kappa shape index (κ2) is 6.58. The van der Waals surface area contributed by atoms with Crippen molar-refractivity contribution in [2.45, 2.75) is 38.8 Å². The fraction of sp³-hybridized carbons (Fsp3) is 1.00. The zero-order valence-corrected chi connectivity index (χ0v) is 7.38. The molecule has 11 heavy (non-hydrogen) atoms. The van der Waals surface area contributed by atoms with E-state index in [4.69, 9.17) is 10.2 Å². The SMILES string of the molecule is CC(O)C(C)NCCCCO. The van der Waals surface area contributed by atoms with Crippen LogP contribution in [0.15, 0.2) is 0 Å². The molecule has 0 heterocycles. The van der Waals surface area contributed by atoms with Crippen molar-refractivity contribution < 1.29 is 10.2 Å². The van der Waals surface area contributed by atoms with Gasteiger partial charge < -0.3 is 15.5 Å². The Hall–Kier alpha value is -0.120. The second-order valence-electron chi connectivity index (χ2n) is 2.91. The Bertz CT molecular complexity index is 86.2. The van der Waals surface area contributed by atoms with Crippen molar-refractivity contribution in [3.05, 3.63) is 0 Å². The number of rotatable bonds is 6. The highest BCUT2D eigenvalue weighted by Crippen LogP contribution is 1.91. The van der Waals surface area contributed by atoms with Gasteiger partial charge >= 0.3 is 0 Å². The van der Waals surface area contributed by atoms with E-state index < -0.39 is 0 Å². The molecule has 0 fully saturated rings. The number of hydrogen-bond acceptors (Lipinski definition) is 3. The van der Waals surface area contributed by atoms with Gasteiger partial charge in [0.15, 0.2) is 0 Å². The van der Waals surface area contributed by atoms with Crippen LogP contribution in [0, 0.1) is 0 Å². The van der Waals surface area contributed by atoms with E-state index in [9.17, 15) is 0 Å². The molecule has 3 N–H and O–H groups in total. The first-order valence-corrected chi connectivity index (χ1v) is 4.20. The van der Waals surface area contributed by atoms with Crippen LogP contribution < -0.4 is 5.32 Å². The van der Waals surface area contributed by atoms with Gasteiger partial charge in [0.25, 0.3) is 0 Å². The first kappa shape index (κ1) is 10.9. The molecule has 0 aromatic heterocycles. The van der Waals surface area contributed by atoms with Crippen molar-refractivity contribution in [1.82, 2.24) is 5.32 Å². The van der Waals surface area contributed by atoms with Crippen molar-refractivity contribution in [3.8, 4) is 0 Å². The van der Waals surface area contributed by atoms with Gasteiger partial charge in [0.05, 0.1) is 6.10 Å². The maximum atomic E-state index is 9.07. The summed E-state index contributed by atoms with van der Waals surface area (Å²) in [4.78, 5) is 0. The van der Waals surface area contributed by atoms with Crippen molar-refractivity contribution in [2.24, 2.45) is 0 Å². The highest BCUT2D eigenvalue weighted by atomic mass is 16.3. The van der Waals surface area contributed by atoms with Gasteiger partial charge in [-0.3, -0.25) is 0 Å². The molecule has 0 radical (unpaired) electrons. The van der Waals surface area contributed by atoms with Crippen LogP contribution in [0.4, 0.5) is 0 Å². The minimum atomic E-state index is -0.302. The predicted molar refractivity (Wildman–Crippen MR) is 45.5 cm³/mol. The van der Waals surface area contributed by atoms with Gasteiger partial charge in [0.1, 0.15) is 0 Å². The Morgan fingerprint density at radius 1 is 1.27 bits per heavy atom. The summed E-state index contributed by atoms with van der Waals surface area (Å²) in [6, 6.07) is 0.147. The number of aliphatic hydroxyl groups excluding tert-OH is 2. The van der Waals surface area contributed by atoms with E-state index in [-0.39, 0.29) is 18.8 Å². The average molecular weight is 161 g/mol. The maximum absolute atomic E-state index is 9.07. The van der Waals surface area contributed by atoms with Crippen LogP contribution in [0.1, 0.15) is 26.7 Å². The molecule has 0 aromatic carbocycles. The second-order valence-corrected chi connectivity index (χ2v) is 2.91. The van der Waals surface area contributed by atoms with Crippen LogP contribution in [0.2, 0.25) is 0 Å². The van der Waals surface area contributed by atoms with Gasteiger partial charge in [-0.05, 0) is 33.2 Å². The van der Waals surface area contributed by atoms with E-state index in [0.717, 1.165) is 19.4 Å². The molecule has 68 valence electrons. The van der Waals surface area contributed by atoms with Crippen LogP contribution in [-0.2, 0) is 0 Å². The molecule has 2 unspecified atom stereocenters. The minimum absolute atomic E-state index is 0.147. The molecule has 0 saturated heterocycles. The van der Waals surface area contributed by atoms with E-state index in [1.54, 1.807) is 6.92 Å². The lowest BCUT2D eigenvalue weighted by Gasteiger charge is -2.15. The van der Waals surface area contributed by atoms with Crippen LogP contribution >= 0.6 is 0 Å². The van der Waals surface area contributed by atoms with E-state index in [1.807, 2.05) is 6.92 Å². The molecule has 0 spiro atoms. The van der Waals surface area contributed by atoms with E-state index in [2.05, 4.69) is 5.32 Å². The monoisotopic (exact) mass is 161 g/mol. The summed E-state index contributed by atoms with van der Waals surface area (Å²) in [5, 5.41) is 20.7. The number of hydrogen-bond donors (Lipinski definition) is 3. The lowest BCUT2D eigenvalue weighted by Crippen LogP contribution is -2.36. The summed E-state index contributed by atoms with van der Waals surface area (Å²) in [6.07, 6.45) is 1.50. The standard InChI is InChI=1S/C8H19NO2/c1-7(8(2)11)9-5-3-4-6-10/h7-11H,3-6H2,1-2H3. The molecule has 0 amide bonds. The Balaban J connectivity index is 3.10. The van der Waals surface area contributed by atoms with Crippen LogP contribution in [-0.4, -0.2) is 35.5 Å². The molecule has 0 aliphatic rings. The normalized spacial score (nSPS) is 16.4. The average Bonchev–Trinajstić information content (AvgIpc) is 1.97. The van der Waals surface area contributed by atoms with Gasteiger partial charge in [-0.1, -0.05) is 0 Å². The van der Waals surface area contributed by atoms with Gasteiger partial charge in [-0.15, -0.1) is 0 Å². The van der Waals surface area contributed by atoms with Crippen LogP contribution in [0.25, 0.3) is 0 Å². The van der Waals surface area contributed by atoms with Crippen molar-refractivity contribution in [3.63, 3.8) is 0 Å². The summed E-state index contributed by atoms with van der Waals surface area (Å²) < 4.78 is 0. The summed E-state index contributed by atoms with van der Waals surface area (Å²) >= 11 is 0.